The molecule has 0 amide bonds. The Morgan fingerprint density at radius 2 is 1.07 bits per heavy atom. The molecule has 0 saturated carbocycles. The van der Waals surface area contributed by atoms with Crippen molar-refractivity contribution in [2.75, 3.05) is 0 Å². The van der Waals surface area contributed by atoms with Gasteiger partial charge in [-0.3, -0.25) is 0 Å². The van der Waals surface area contributed by atoms with Gasteiger partial charge in [-0.05, 0) is 111 Å². The maximum absolute atomic E-state index is 6.21. The van der Waals surface area contributed by atoms with Crippen molar-refractivity contribution in [2.45, 2.75) is 119 Å². The summed E-state index contributed by atoms with van der Waals surface area (Å²) in [5, 5.41) is 5.15. The Morgan fingerprint density at radius 3 is 1.61 bits per heavy atom. The Kier molecular flexibility index (Phi) is 10.2. The van der Waals surface area contributed by atoms with Gasteiger partial charge >= 0.3 is 0 Å². The molecule has 0 unspecified atom stereocenters. The minimum absolute atomic E-state index is 0.0428. The third kappa shape index (κ3) is 9.14. The van der Waals surface area contributed by atoms with Gasteiger partial charge in [0.05, 0.1) is 17.1 Å². The highest BCUT2D eigenvalue weighted by atomic mass is 16.3. The largest absolute Gasteiger partial charge is 0.436 e. The first kappa shape index (κ1) is 39.0. The summed E-state index contributed by atoms with van der Waals surface area (Å²) in [6.07, 6.45) is 6.51. The van der Waals surface area contributed by atoms with Crippen LogP contribution in [-0.4, -0.2) is 14.8 Å². The predicted octanol–water partition coefficient (Wildman–Crippen LogP) is 14.2. The Hall–Kier alpha value is -4.70. The van der Waals surface area contributed by atoms with Gasteiger partial charge in [0.25, 0.3) is 0 Å². The quantitative estimate of drug-likeness (QED) is 0.149. The van der Waals surface area contributed by atoms with E-state index >= 15 is 0 Å². The zero-order valence-corrected chi connectivity index (χ0v) is 35.1. The Labute approximate surface area is 324 Å². The molecule has 0 aliphatic rings. The molecule has 6 aromatic rings. The monoisotopic (exact) mass is 719 g/mol. The van der Waals surface area contributed by atoms with E-state index in [1.54, 1.807) is 0 Å². The highest BCUT2D eigenvalue weighted by molar-refractivity contribution is 5.78. The lowest BCUT2D eigenvalue weighted by Crippen LogP contribution is -2.24. The number of hydrogen-bond acceptors (Lipinski definition) is 3. The van der Waals surface area contributed by atoms with Crippen LogP contribution < -0.4 is 0 Å². The summed E-state index contributed by atoms with van der Waals surface area (Å²) in [5.74, 6) is 0.619. The summed E-state index contributed by atoms with van der Waals surface area (Å²) in [6, 6.07) is 34.9. The Morgan fingerprint density at radius 1 is 0.556 bits per heavy atom. The van der Waals surface area contributed by atoms with E-state index < -0.39 is 0 Å². The van der Waals surface area contributed by atoms with Crippen LogP contribution in [0.25, 0.3) is 51.7 Å². The van der Waals surface area contributed by atoms with E-state index in [9.17, 15) is 0 Å². The molecule has 2 aromatic heterocycles. The first-order chi connectivity index (χ1) is 25.1. The van der Waals surface area contributed by atoms with Crippen LogP contribution in [0, 0.1) is 10.8 Å². The zero-order valence-electron chi connectivity index (χ0n) is 35.1. The number of fused-ring (bicyclic) bond motifs is 1. The highest BCUT2D eigenvalue weighted by Crippen LogP contribution is 2.38. The molecule has 4 nitrogen and oxygen atoms in total. The number of hydrogen-bond donors (Lipinski definition) is 0. The fraction of sp³-hybridized carbons (Fsp3) is 0.400. The molecule has 0 atom stereocenters. The summed E-state index contributed by atoms with van der Waals surface area (Å²) in [5.41, 5.74) is 12.5. The van der Waals surface area contributed by atoms with E-state index in [0.717, 1.165) is 57.7 Å². The molecule has 0 N–H and O–H groups in total. The second-order valence-corrected chi connectivity index (χ2v) is 20.1. The zero-order chi connectivity index (χ0) is 39.3. The van der Waals surface area contributed by atoms with Gasteiger partial charge in [0, 0.05) is 11.1 Å². The summed E-state index contributed by atoms with van der Waals surface area (Å²) < 4.78 is 8.27. The topological polar surface area (TPSA) is 43.9 Å². The van der Waals surface area contributed by atoms with Crippen molar-refractivity contribution in [3.05, 3.63) is 125 Å². The minimum Gasteiger partial charge on any atom is -0.436 e. The Bertz CT molecular complexity index is 2240. The number of oxazole rings is 1. The molecular formula is C50H61N3O. The smallest absolute Gasteiger partial charge is 0.227 e. The lowest BCUT2D eigenvalue weighted by molar-refractivity contribution is 0.283. The fourth-order valence-electron chi connectivity index (χ4n) is 8.32. The van der Waals surface area contributed by atoms with Gasteiger partial charge in [-0.2, -0.15) is 5.10 Å². The summed E-state index contributed by atoms with van der Waals surface area (Å²) in [4.78, 5) is 4.87. The molecule has 4 heteroatoms. The van der Waals surface area contributed by atoms with Crippen LogP contribution in [0.1, 0.15) is 131 Å². The first-order valence-corrected chi connectivity index (χ1v) is 19.6. The molecule has 6 rings (SSSR count). The molecule has 0 fully saturated rings. The SMILES string of the molecule is CC(C)(C)CC(C)(C)c1ccc(C=Cc2cc(-c3ccc(C(C)(C)CC(C)(C)C)cc3)n(-c3ccc(-c4nc5cc(C(C)(C)C)ccc5o4)cc3)n2)cc1. The van der Waals surface area contributed by atoms with Gasteiger partial charge in [-0.15, -0.1) is 0 Å². The van der Waals surface area contributed by atoms with E-state index in [-0.39, 0.29) is 27.1 Å². The summed E-state index contributed by atoms with van der Waals surface area (Å²) >= 11 is 0. The molecule has 2 heterocycles. The van der Waals surface area contributed by atoms with Crippen molar-refractivity contribution in [2.24, 2.45) is 10.8 Å². The molecule has 0 aliphatic heterocycles. The maximum atomic E-state index is 6.21. The lowest BCUT2D eigenvalue weighted by atomic mass is 9.72. The van der Waals surface area contributed by atoms with E-state index in [0.29, 0.717) is 5.89 Å². The second-order valence-electron chi connectivity index (χ2n) is 20.1. The van der Waals surface area contributed by atoms with Crippen molar-refractivity contribution in [3.8, 4) is 28.4 Å². The van der Waals surface area contributed by atoms with Crippen molar-refractivity contribution in [1.29, 1.82) is 0 Å². The van der Waals surface area contributed by atoms with Crippen LogP contribution >= 0.6 is 0 Å². The average molecular weight is 720 g/mol. The van der Waals surface area contributed by atoms with Gasteiger partial charge < -0.3 is 4.42 Å². The van der Waals surface area contributed by atoms with E-state index in [2.05, 4.69) is 198 Å². The Balaban J connectivity index is 1.33. The fourth-order valence-corrected chi connectivity index (χ4v) is 8.32. The average Bonchev–Trinajstić information content (AvgIpc) is 3.70. The van der Waals surface area contributed by atoms with Crippen LogP contribution in [0.3, 0.4) is 0 Å². The van der Waals surface area contributed by atoms with E-state index in [4.69, 9.17) is 14.5 Å². The maximum Gasteiger partial charge on any atom is 0.227 e. The molecule has 0 saturated heterocycles. The third-order valence-electron chi connectivity index (χ3n) is 10.4. The van der Waals surface area contributed by atoms with Crippen LogP contribution in [0.15, 0.2) is 101 Å². The van der Waals surface area contributed by atoms with Crippen molar-refractivity contribution in [1.82, 2.24) is 14.8 Å². The summed E-state index contributed by atoms with van der Waals surface area (Å²) in [7, 11) is 0. The van der Waals surface area contributed by atoms with Gasteiger partial charge in [-0.1, -0.05) is 151 Å². The van der Waals surface area contributed by atoms with Crippen LogP contribution in [0.5, 0.6) is 0 Å². The molecule has 0 bridgehead atoms. The molecular weight excluding hydrogens is 659 g/mol. The van der Waals surface area contributed by atoms with Crippen molar-refractivity contribution in [3.63, 3.8) is 0 Å². The van der Waals surface area contributed by atoms with E-state index in [1.807, 2.05) is 6.07 Å². The van der Waals surface area contributed by atoms with Gasteiger partial charge in [0.1, 0.15) is 5.52 Å². The summed E-state index contributed by atoms with van der Waals surface area (Å²) in [6.45, 7) is 29.9. The number of aromatic nitrogens is 3. The lowest BCUT2D eigenvalue weighted by Gasteiger charge is -2.33. The molecule has 0 spiro atoms. The third-order valence-corrected chi connectivity index (χ3v) is 10.4. The highest BCUT2D eigenvalue weighted by Gasteiger charge is 2.28. The van der Waals surface area contributed by atoms with Crippen LogP contribution in [0.4, 0.5) is 0 Å². The number of benzene rings is 4. The molecule has 0 aliphatic carbocycles. The molecule has 0 radical (unpaired) electrons. The second kappa shape index (κ2) is 14.2. The van der Waals surface area contributed by atoms with E-state index in [1.165, 1.54) is 16.7 Å². The van der Waals surface area contributed by atoms with Crippen LogP contribution in [0.2, 0.25) is 0 Å². The minimum atomic E-state index is 0.0428. The van der Waals surface area contributed by atoms with Crippen molar-refractivity contribution >= 4 is 23.3 Å². The first-order valence-electron chi connectivity index (χ1n) is 19.6. The molecule has 282 valence electrons. The number of nitrogens with zero attached hydrogens (tertiary/aromatic N) is 3. The number of rotatable bonds is 9. The van der Waals surface area contributed by atoms with Crippen LogP contribution in [-0.2, 0) is 16.2 Å². The standard InChI is InChI=1S/C50H61N3O/c1-46(2,3)32-49(10,11)37-21-14-34(15-22-37)16-26-40-31-43(35-17-23-38(24-18-35)50(12,13)33-47(4,5)6)53(52-40)41-27-19-36(20-28-41)45-51-42-30-39(48(7,8)9)25-29-44(42)54-45/h14-31H,32-33H2,1-13H3. The molecule has 4 aromatic carbocycles. The van der Waals surface area contributed by atoms with Crippen molar-refractivity contribution < 1.29 is 4.42 Å². The molecule has 54 heavy (non-hydrogen) atoms. The van der Waals surface area contributed by atoms with Gasteiger partial charge in [-0.25, -0.2) is 9.67 Å². The predicted molar refractivity (Wildman–Crippen MR) is 230 cm³/mol. The van der Waals surface area contributed by atoms with Gasteiger partial charge in [0.15, 0.2) is 5.58 Å². The normalized spacial score (nSPS) is 13.4. The van der Waals surface area contributed by atoms with Gasteiger partial charge in [0.2, 0.25) is 5.89 Å².